The predicted octanol–water partition coefficient (Wildman–Crippen LogP) is 1.67. The Hall–Kier alpha value is -1.72. The van der Waals surface area contributed by atoms with Crippen LogP contribution in [0.4, 0.5) is 10.3 Å². The molecule has 0 spiro atoms. The lowest BCUT2D eigenvalue weighted by molar-refractivity contribution is -0.135. The molecule has 1 aliphatic heterocycles. The minimum absolute atomic E-state index is 0.0146. The van der Waals surface area contributed by atoms with Crippen molar-refractivity contribution in [1.29, 1.82) is 0 Å². The molecule has 0 aliphatic carbocycles. The molecule has 0 bridgehead atoms. The van der Waals surface area contributed by atoms with Gasteiger partial charge in [0.2, 0.25) is 11.9 Å². The van der Waals surface area contributed by atoms with Crippen molar-refractivity contribution in [2.24, 2.45) is 5.92 Å². The molecular weight excluding hydrogens is 247 g/mol. The van der Waals surface area contributed by atoms with Gasteiger partial charge < -0.3 is 10.2 Å². The summed E-state index contributed by atoms with van der Waals surface area (Å²) in [5.74, 6) is 0.142. The third-order valence-electron chi connectivity index (χ3n) is 3.18. The molecule has 1 aromatic rings. The number of amides is 1. The Morgan fingerprint density at radius 1 is 1.47 bits per heavy atom. The van der Waals surface area contributed by atoms with Crippen LogP contribution in [0.5, 0.6) is 0 Å². The van der Waals surface area contributed by atoms with E-state index < -0.39 is 5.82 Å². The molecular formula is C13H19FN4O. The molecule has 5 nitrogen and oxygen atoms in total. The van der Waals surface area contributed by atoms with Crippen LogP contribution >= 0.6 is 0 Å². The first-order valence-electron chi connectivity index (χ1n) is 6.59. The van der Waals surface area contributed by atoms with Gasteiger partial charge in [-0.05, 0) is 12.8 Å². The highest BCUT2D eigenvalue weighted by Gasteiger charge is 2.25. The second kappa shape index (κ2) is 5.95. The third kappa shape index (κ3) is 3.62. The SMILES string of the molecule is CC(C)C(=O)N1CCCC(Nc2ncc(F)cn2)C1. The van der Waals surface area contributed by atoms with Gasteiger partial charge in [0.1, 0.15) is 0 Å². The minimum atomic E-state index is -0.453. The summed E-state index contributed by atoms with van der Waals surface area (Å²) in [6.07, 6.45) is 4.18. The zero-order chi connectivity index (χ0) is 13.8. The zero-order valence-corrected chi connectivity index (χ0v) is 11.3. The second-order valence-electron chi connectivity index (χ2n) is 5.15. The fourth-order valence-electron chi connectivity index (χ4n) is 2.23. The van der Waals surface area contributed by atoms with Crippen LogP contribution in [0.2, 0.25) is 0 Å². The lowest BCUT2D eigenvalue weighted by atomic mass is 10.0. The van der Waals surface area contributed by atoms with Crippen molar-refractivity contribution >= 4 is 11.9 Å². The Labute approximate surface area is 112 Å². The number of nitrogens with zero attached hydrogens (tertiary/aromatic N) is 3. The van der Waals surface area contributed by atoms with E-state index in [1.165, 1.54) is 0 Å². The summed E-state index contributed by atoms with van der Waals surface area (Å²) in [6.45, 7) is 5.27. The molecule has 0 radical (unpaired) electrons. The van der Waals surface area contributed by atoms with E-state index in [1.807, 2.05) is 18.7 Å². The summed E-state index contributed by atoms with van der Waals surface area (Å²) >= 11 is 0. The van der Waals surface area contributed by atoms with Crippen LogP contribution in [0.15, 0.2) is 12.4 Å². The molecule has 1 N–H and O–H groups in total. The van der Waals surface area contributed by atoms with Crippen LogP contribution in [0.1, 0.15) is 26.7 Å². The molecule has 1 amide bonds. The largest absolute Gasteiger partial charge is 0.350 e. The van der Waals surface area contributed by atoms with Gasteiger partial charge in [0.25, 0.3) is 0 Å². The summed E-state index contributed by atoms with van der Waals surface area (Å²) in [5.41, 5.74) is 0. The number of likely N-dealkylation sites (tertiary alicyclic amines) is 1. The fourth-order valence-corrected chi connectivity index (χ4v) is 2.23. The van der Waals surface area contributed by atoms with Crippen molar-refractivity contribution in [2.75, 3.05) is 18.4 Å². The highest BCUT2D eigenvalue weighted by atomic mass is 19.1. The smallest absolute Gasteiger partial charge is 0.225 e. The molecule has 0 saturated carbocycles. The molecule has 1 fully saturated rings. The normalized spacial score (nSPS) is 19.6. The molecule has 2 heterocycles. The molecule has 1 saturated heterocycles. The highest BCUT2D eigenvalue weighted by molar-refractivity contribution is 5.78. The number of piperidine rings is 1. The predicted molar refractivity (Wildman–Crippen MR) is 70.1 cm³/mol. The molecule has 1 unspecified atom stereocenters. The number of hydrogen-bond donors (Lipinski definition) is 1. The van der Waals surface area contributed by atoms with Crippen LogP contribution in [-0.4, -0.2) is 39.9 Å². The van der Waals surface area contributed by atoms with Crippen molar-refractivity contribution in [2.45, 2.75) is 32.7 Å². The van der Waals surface area contributed by atoms with Crippen molar-refractivity contribution < 1.29 is 9.18 Å². The van der Waals surface area contributed by atoms with Crippen LogP contribution in [0, 0.1) is 11.7 Å². The van der Waals surface area contributed by atoms with Gasteiger partial charge in [0.05, 0.1) is 12.4 Å². The van der Waals surface area contributed by atoms with E-state index in [1.54, 1.807) is 0 Å². The number of hydrogen-bond acceptors (Lipinski definition) is 4. The Bertz CT molecular complexity index is 435. The second-order valence-corrected chi connectivity index (χ2v) is 5.15. The molecule has 104 valence electrons. The topological polar surface area (TPSA) is 58.1 Å². The van der Waals surface area contributed by atoms with Crippen molar-refractivity contribution in [1.82, 2.24) is 14.9 Å². The molecule has 1 aromatic heterocycles. The Balaban J connectivity index is 1.94. The Morgan fingerprint density at radius 2 is 2.16 bits per heavy atom. The number of aromatic nitrogens is 2. The maximum absolute atomic E-state index is 12.7. The quantitative estimate of drug-likeness (QED) is 0.904. The maximum Gasteiger partial charge on any atom is 0.225 e. The number of rotatable bonds is 3. The van der Waals surface area contributed by atoms with Crippen molar-refractivity contribution in [3.05, 3.63) is 18.2 Å². The molecule has 2 rings (SSSR count). The van der Waals surface area contributed by atoms with E-state index in [-0.39, 0.29) is 17.9 Å². The van der Waals surface area contributed by atoms with E-state index in [9.17, 15) is 9.18 Å². The monoisotopic (exact) mass is 266 g/mol. The third-order valence-corrected chi connectivity index (χ3v) is 3.18. The molecule has 0 aromatic carbocycles. The van der Waals surface area contributed by atoms with Crippen molar-refractivity contribution in [3.8, 4) is 0 Å². The van der Waals surface area contributed by atoms with Gasteiger partial charge in [-0.2, -0.15) is 0 Å². The lowest BCUT2D eigenvalue weighted by Gasteiger charge is -2.34. The van der Waals surface area contributed by atoms with Gasteiger partial charge in [-0.1, -0.05) is 13.8 Å². The van der Waals surface area contributed by atoms with Crippen LogP contribution in [0.25, 0.3) is 0 Å². The van der Waals surface area contributed by atoms with Gasteiger partial charge >= 0.3 is 0 Å². The minimum Gasteiger partial charge on any atom is -0.350 e. The van der Waals surface area contributed by atoms with Crippen molar-refractivity contribution in [3.63, 3.8) is 0 Å². The molecule has 1 aliphatic rings. The number of halogens is 1. The summed E-state index contributed by atoms with van der Waals surface area (Å²) in [7, 11) is 0. The summed E-state index contributed by atoms with van der Waals surface area (Å²) in [5, 5.41) is 3.15. The number of carbonyl (C=O) groups is 1. The van der Waals surface area contributed by atoms with Gasteiger partial charge in [-0.3, -0.25) is 4.79 Å². The van der Waals surface area contributed by atoms with E-state index in [0.717, 1.165) is 31.8 Å². The van der Waals surface area contributed by atoms with Gasteiger partial charge in [-0.15, -0.1) is 0 Å². The summed E-state index contributed by atoms with van der Waals surface area (Å²) in [6, 6.07) is 0.127. The van der Waals surface area contributed by atoms with Crippen LogP contribution < -0.4 is 5.32 Å². The van der Waals surface area contributed by atoms with Crippen LogP contribution in [0.3, 0.4) is 0 Å². The van der Waals surface area contributed by atoms with E-state index in [0.29, 0.717) is 12.5 Å². The standard InChI is InChI=1S/C13H19FN4O/c1-9(2)12(19)18-5-3-4-11(8-18)17-13-15-6-10(14)7-16-13/h6-7,9,11H,3-5,8H2,1-2H3,(H,15,16,17). The average Bonchev–Trinajstić information content (AvgIpc) is 2.41. The lowest BCUT2D eigenvalue weighted by Crippen LogP contribution is -2.46. The Morgan fingerprint density at radius 3 is 2.79 bits per heavy atom. The number of nitrogens with one attached hydrogen (secondary N) is 1. The average molecular weight is 266 g/mol. The zero-order valence-electron chi connectivity index (χ0n) is 11.3. The summed E-state index contributed by atoms with van der Waals surface area (Å²) in [4.78, 5) is 21.6. The Kier molecular flexibility index (Phi) is 4.29. The van der Waals surface area contributed by atoms with Gasteiger partial charge in [-0.25, -0.2) is 14.4 Å². The first-order chi connectivity index (χ1) is 9.06. The maximum atomic E-state index is 12.7. The summed E-state index contributed by atoms with van der Waals surface area (Å²) < 4.78 is 12.7. The van der Waals surface area contributed by atoms with Gasteiger partial charge in [0.15, 0.2) is 5.82 Å². The molecule has 6 heteroatoms. The highest BCUT2D eigenvalue weighted by Crippen LogP contribution is 2.15. The van der Waals surface area contributed by atoms with E-state index >= 15 is 0 Å². The van der Waals surface area contributed by atoms with E-state index in [4.69, 9.17) is 0 Å². The van der Waals surface area contributed by atoms with Gasteiger partial charge in [0, 0.05) is 25.0 Å². The number of carbonyl (C=O) groups excluding carboxylic acids is 1. The fraction of sp³-hybridized carbons (Fsp3) is 0.615. The first kappa shape index (κ1) is 13.7. The molecule has 1 atom stereocenters. The van der Waals surface area contributed by atoms with Crippen LogP contribution in [-0.2, 0) is 4.79 Å². The number of anilines is 1. The van der Waals surface area contributed by atoms with E-state index in [2.05, 4.69) is 15.3 Å². The molecule has 19 heavy (non-hydrogen) atoms. The first-order valence-corrected chi connectivity index (χ1v) is 6.59.